The summed E-state index contributed by atoms with van der Waals surface area (Å²) in [4.78, 5) is 21.7. The molecular formula is C8H9N3O. The highest BCUT2D eigenvalue weighted by Crippen LogP contribution is 1.95. The molecule has 0 aliphatic heterocycles. The topological polar surface area (TPSA) is 55.2 Å². The number of carbonyl (C=O) groups excluding carboxylic acids is 1. The molecule has 0 aliphatic carbocycles. The second-order valence-corrected chi connectivity index (χ2v) is 2.22. The van der Waals surface area contributed by atoms with Gasteiger partial charge in [0.05, 0.1) is 6.54 Å². The number of aliphatic imine (C=N–C) groups is 1. The smallest absolute Gasteiger partial charge is 0.141 e. The van der Waals surface area contributed by atoms with Crippen LogP contribution in [0.4, 0.5) is 0 Å². The molecule has 0 aromatic carbocycles. The maximum absolute atomic E-state index is 10.0. The predicted octanol–water partition coefficient (Wildman–Crippen LogP) is 0.485. The number of aldehydes is 1. The number of carbonyl (C=O) groups is 1. The van der Waals surface area contributed by atoms with Crippen molar-refractivity contribution in [2.45, 2.75) is 6.92 Å². The fourth-order valence-electron chi connectivity index (χ4n) is 0.751. The predicted molar refractivity (Wildman–Crippen MR) is 45.2 cm³/mol. The van der Waals surface area contributed by atoms with E-state index >= 15 is 0 Å². The Labute approximate surface area is 70.4 Å². The molecule has 1 aromatic rings. The van der Waals surface area contributed by atoms with Crippen molar-refractivity contribution in [3.8, 4) is 0 Å². The Balaban J connectivity index is 2.77. The first-order valence-electron chi connectivity index (χ1n) is 3.54. The molecule has 0 amide bonds. The summed E-state index contributed by atoms with van der Waals surface area (Å²) < 4.78 is 0. The van der Waals surface area contributed by atoms with Gasteiger partial charge in [0.25, 0.3) is 0 Å². The van der Waals surface area contributed by atoms with Gasteiger partial charge in [-0.25, -0.2) is 9.97 Å². The minimum Gasteiger partial charge on any atom is -0.301 e. The molecule has 0 saturated carbocycles. The van der Waals surface area contributed by atoms with E-state index in [1.54, 1.807) is 12.4 Å². The molecule has 62 valence electrons. The number of nitrogens with zero attached hydrogens (tertiary/aromatic N) is 3. The van der Waals surface area contributed by atoms with Crippen molar-refractivity contribution in [2.24, 2.45) is 4.99 Å². The van der Waals surface area contributed by atoms with Crippen LogP contribution >= 0.6 is 0 Å². The zero-order chi connectivity index (χ0) is 8.81. The van der Waals surface area contributed by atoms with Gasteiger partial charge in [0.15, 0.2) is 0 Å². The van der Waals surface area contributed by atoms with Crippen LogP contribution in [0.1, 0.15) is 12.5 Å². The summed E-state index contributed by atoms with van der Waals surface area (Å²) >= 11 is 0. The van der Waals surface area contributed by atoms with E-state index in [1.807, 2.05) is 6.92 Å². The third kappa shape index (κ3) is 2.23. The molecule has 0 aliphatic rings. The molecule has 4 heteroatoms. The van der Waals surface area contributed by atoms with E-state index in [9.17, 15) is 4.79 Å². The highest BCUT2D eigenvalue weighted by molar-refractivity contribution is 5.98. The van der Waals surface area contributed by atoms with Crippen molar-refractivity contribution in [1.29, 1.82) is 0 Å². The standard InChI is InChI=1S/C8H9N3O/c1-7(11-2-3-12)8-4-9-6-10-5-8/h3-6H,2H2,1H3. The molecule has 0 saturated heterocycles. The van der Waals surface area contributed by atoms with Gasteiger partial charge < -0.3 is 4.79 Å². The molecule has 12 heavy (non-hydrogen) atoms. The molecule has 4 nitrogen and oxygen atoms in total. The van der Waals surface area contributed by atoms with Gasteiger partial charge in [0.2, 0.25) is 0 Å². The molecule has 0 bridgehead atoms. The third-order valence-electron chi connectivity index (χ3n) is 1.38. The summed E-state index contributed by atoms with van der Waals surface area (Å²) in [5, 5.41) is 0. The van der Waals surface area contributed by atoms with Crippen LogP contribution in [0.2, 0.25) is 0 Å². The third-order valence-corrected chi connectivity index (χ3v) is 1.38. The quantitative estimate of drug-likeness (QED) is 0.481. The number of hydrogen-bond donors (Lipinski definition) is 0. The summed E-state index contributed by atoms with van der Waals surface area (Å²) in [7, 11) is 0. The Morgan fingerprint density at radius 1 is 1.58 bits per heavy atom. The molecule has 0 radical (unpaired) electrons. The van der Waals surface area contributed by atoms with Crippen molar-refractivity contribution >= 4 is 12.0 Å². The van der Waals surface area contributed by atoms with Crippen molar-refractivity contribution in [1.82, 2.24) is 9.97 Å². The molecule has 0 N–H and O–H groups in total. The lowest BCUT2D eigenvalue weighted by atomic mass is 10.2. The zero-order valence-corrected chi connectivity index (χ0v) is 6.77. The molecule has 1 rings (SSSR count). The van der Waals surface area contributed by atoms with Gasteiger partial charge in [0, 0.05) is 23.7 Å². The highest BCUT2D eigenvalue weighted by Gasteiger charge is 1.94. The molecule has 0 spiro atoms. The first-order valence-corrected chi connectivity index (χ1v) is 3.54. The van der Waals surface area contributed by atoms with E-state index in [2.05, 4.69) is 15.0 Å². The SMILES string of the molecule is CC(=NCC=O)c1cncnc1. The lowest BCUT2D eigenvalue weighted by Crippen LogP contribution is -1.98. The van der Waals surface area contributed by atoms with Gasteiger partial charge in [-0.15, -0.1) is 0 Å². The number of aromatic nitrogens is 2. The first kappa shape index (κ1) is 8.52. The van der Waals surface area contributed by atoms with Crippen LogP contribution in [0.25, 0.3) is 0 Å². The largest absolute Gasteiger partial charge is 0.301 e. The molecule has 1 aromatic heterocycles. The van der Waals surface area contributed by atoms with Crippen molar-refractivity contribution < 1.29 is 4.79 Å². The lowest BCUT2D eigenvalue weighted by Gasteiger charge is -1.96. The monoisotopic (exact) mass is 163 g/mol. The summed E-state index contributed by atoms with van der Waals surface area (Å²) in [5.74, 6) is 0. The average Bonchev–Trinajstić information content (AvgIpc) is 2.15. The molecule has 0 fully saturated rings. The van der Waals surface area contributed by atoms with Crippen LogP contribution in [0, 0.1) is 0 Å². The number of hydrogen-bond acceptors (Lipinski definition) is 4. The van der Waals surface area contributed by atoms with Crippen molar-refractivity contribution in [2.75, 3.05) is 6.54 Å². The minimum atomic E-state index is 0.195. The average molecular weight is 163 g/mol. The lowest BCUT2D eigenvalue weighted by molar-refractivity contribution is -0.106. The van der Waals surface area contributed by atoms with Crippen LogP contribution < -0.4 is 0 Å². The van der Waals surface area contributed by atoms with E-state index in [0.29, 0.717) is 0 Å². The van der Waals surface area contributed by atoms with E-state index in [0.717, 1.165) is 17.6 Å². The minimum absolute atomic E-state index is 0.195. The summed E-state index contributed by atoms with van der Waals surface area (Å²) in [5.41, 5.74) is 1.63. The first-order chi connectivity index (χ1) is 5.84. The Morgan fingerprint density at radius 3 is 2.83 bits per heavy atom. The maximum Gasteiger partial charge on any atom is 0.141 e. The Hall–Kier alpha value is -1.58. The molecular weight excluding hydrogens is 154 g/mol. The fraction of sp³-hybridized carbons (Fsp3) is 0.250. The van der Waals surface area contributed by atoms with Gasteiger partial charge in [-0.05, 0) is 6.92 Å². The van der Waals surface area contributed by atoms with Crippen LogP contribution in [-0.4, -0.2) is 28.5 Å². The Kier molecular flexibility index (Phi) is 3.07. The normalized spacial score (nSPS) is 11.2. The summed E-state index contributed by atoms with van der Waals surface area (Å²) in [6.07, 6.45) is 5.54. The fourth-order valence-corrected chi connectivity index (χ4v) is 0.751. The van der Waals surface area contributed by atoms with Crippen LogP contribution in [-0.2, 0) is 4.79 Å². The summed E-state index contributed by atoms with van der Waals surface area (Å²) in [6.45, 7) is 2.02. The molecule has 0 unspecified atom stereocenters. The van der Waals surface area contributed by atoms with Gasteiger partial charge >= 0.3 is 0 Å². The second-order valence-electron chi connectivity index (χ2n) is 2.22. The van der Waals surface area contributed by atoms with Crippen LogP contribution in [0.5, 0.6) is 0 Å². The van der Waals surface area contributed by atoms with Gasteiger partial charge in [-0.2, -0.15) is 0 Å². The maximum atomic E-state index is 10.0. The molecule has 1 heterocycles. The van der Waals surface area contributed by atoms with Gasteiger partial charge in [0.1, 0.15) is 12.6 Å². The van der Waals surface area contributed by atoms with Crippen molar-refractivity contribution in [3.05, 3.63) is 24.3 Å². The Morgan fingerprint density at radius 2 is 2.25 bits per heavy atom. The zero-order valence-electron chi connectivity index (χ0n) is 6.77. The van der Waals surface area contributed by atoms with E-state index in [-0.39, 0.29) is 6.54 Å². The van der Waals surface area contributed by atoms with E-state index < -0.39 is 0 Å². The second kappa shape index (κ2) is 4.33. The van der Waals surface area contributed by atoms with Crippen molar-refractivity contribution in [3.63, 3.8) is 0 Å². The summed E-state index contributed by atoms with van der Waals surface area (Å²) in [6, 6.07) is 0. The van der Waals surface area contributed by atoms with E-state index in [1.165, 1.54) is 6.33 Å². The van der Waals surface area contributed by atoms with Gasteiger partial charge in [-0.3, -0.25) is 4.99 Å². The highest BCUT2D eigenvalue weighted by atomic mass is 16.1. The van der Waals surface area contributed by atoms with E-state index in [4.69, 9.17) is 0 Å². The van der Waals surface area contributed by atoms with Crippen LogP contribution in [0.15, 0.2) is 23.7 Å². The molecule has 0 atom stereocenters. The van der Waals surface area contributed by atoms with Gasteiger partial charge in [-0.1, -0.05) is 0 Å². The van der Waals surface area contributed by atoms with Crippen LogP contribution in [0.3, 0.4) is 0 Å². The Bertz CT molecular complexity index is 282. The number of rotatable bonds is 3.